The van der Waals surface area contributed by atoms with Gasteiger partial charge in [-0.25, -0.2) is 9.59 Å². The Bertz CT molecular complexity index is 2530. The van der Waals surface area contributed by atoms with Crippen molar-refractivity contribution in [1.82, 2.24) is 9.80 Å². The van der Waals surface area contributed by atoms with Gasteiger partial charge >= 0.3 is 11.9 Å². The number of ether oxygens (including phenoxy) is 2. The first-order valence-corrected chi connectivity index (χ1v) is 24.9. The molecule has 2 heterocycles. The second-order valence-corrected chi connectivity index (χ2v) is 18.7. The van der Waals surface area contributed by atoms with E-state index in [0.717, 1.165) is 43.7 Å². The van der Waals surface area contributed by atoms with Crippen LogP contribution in [0.15, 0.2) is 170 Å². The molecule has 8 rings (SSSR count). The van der Waals surface area contributed by atoms with Gasteiger partial charge in [0.25, 0.3) is 23.6 Å². The summed E-state index contributed by atoms with van der Waals surface area (Å²) in [5.41, 5.74) is 4.42. The fourth-order valence-corrected chi connectivity index (χ4v) is 8.89. The first kappa shape index (κ1) is 51.6. The van der Waals surface area contributed by atoms with Gasteiger partial charge in [0, 0.05) is 11.5 Å². The first-order valence-electron chi connectivity index (χ1n) is 23.1. The van der Waals surface area contributed by atoms with Crippen LogP contribution in [0.4, 0.5) is 0 Å². The van der Waals surface area contributed by atoms with Gasteiger partial charge in [-0.1, -0.05) is 187 Å². The van der Waals surface area contributed by atoms with Crippen LogP contribution in [-0.4, -0.2) is 74.7 Å². The number of thioether (sulfide) groups is 1. The molecule has 6 aromatic rings. The Morgan fingerprint density at radius 2 is 0.725 bits per heavy atom. The lowest BCUT2D eigenvalue weighted by atomic mass is 10.0. The van der Waals surface area contributed by atoms with Crippen molar-refractivity contribution in [3.05, 3.63) is 214 Å². The van der Waals surface area contributed by atoms with Gasteiger partial charge in [-0.05, 0) is 64.1 Å². The van der Waals surface area contributed by atoms with E-state index in [1.165, 1.54) is 18.2 Å². The molecule has 2 unspecified atom stereocenters. The van der Waals surface area contributed by atoms with Crippen LogP contribution in [0, 0.1) is 11.8 Å². The quantitative estimate of drug-likeness (QED) is 0.0573. The van der Waals surface area contributed by atoms with Crippen molar-refractivity contribution in [2.75, 3.05) is 17.3 Å². The number of rotatable bonds is 16. The molecule has 0 bridgehead atoms. The van der Waals surface area contributed by atoms with Gasteiger partial charge in [0.1, 0.15) is 12.1 Å². The lowest BCUT2D eigenvalue weighted by molar-refractivity contribution is -0.152. The van der Waals surface area contributed by atoms with Gasteiger partial charge in [0.05, 0.1) is 22.3 Å². The number of imide groups is 2. The van der Waals surface area contributed by atoms with Crippen LogP contribution >= 0.6 is 24.4 Å². The number of esters is 2. The average molecular weight is 963 g/mol. The first-order chi connectivity index (χ1) is 33.4. The minimum Gasteiger partial charge on any atom is -0.451 e. The van der Waals surface area contributed by atoms with Gasteiger partial charge in [-0.2, -0.15) is 24.4 Å². The summed E-state index contributed by atoms with van der Waals surface area (Å²) in [4.78, 5) is 80.7. The molecule has 2 atom stereocenters. The van der Waals surface area contributed by atoms with Gasteiger partial charge in [-0.3, -0.25) is 29.0 Å². The SMILES string of the molecule is CC(C)CSCC(C(=O)OC(c1ccccc1)c1ccccc1)N1C(=O)c2ccccc2C1=O.CCC(C)C.O=C(OC(c1ccccc1)c1ccccc1)C(CS)N1C(=O)c2ccccc2C1=O. The zero-order chi connectivity index (χ0) is 49.5. The molecule has 0 N–H and O–H groups in total. The Kier molecular flexibility index (Phi) is 18.7. The molecule has 0 saturated carbocycles. The Morgan fingerprint density at radius 1 is 0.449 bits per heavy atom. The van der Waals surface area contributed by atoms with Crippen LogP contribution in [0.1, 0.15) is 117 Å². The number of hydrogen-bond acceptors (Lipinski definition) is 10. The third-order valence-corrected chi connectivity index (χ3v) is 13.2. The van der Waals surface area contributed by atoms with Crippen molar-refractivity contribution in [3.8, 4) is 0 Å². The molecule has 69 heavy (non-hydrogen) atoms. The van der Waals surface area contributed by atoms with Gasteiger partial charge in [-0.15, -0.1) is 0 Å². The number of hydrogen-bond donors (Lipinski definition) is 1. The molecule has 4 amide bonds. The standard InChI is InChI=1S/C28H27NO4S.C24H19NO4S.C5H12/c1-19(2)17-34-18-24(29-26(30)22-15-9-10-16-23(22)27(29)31)28(32)33-25(20-11-5-3-6-12-20)21-13-7-4-8-14-21;26-22-18-13-7-8-14-19(18)23(27)25(22)20(15-30)24(28)29-21(16-9-3-1-4-10-16)17-11-5-2-6-12-17;1-4-5(2)3/h3-16,19,24-25H,17-18H2,1-2H3;1-14,20-21,30H,15H2;5H,4H2,1-3H3. The number of nitrogens with zero attached hydrogens (tertiary/aromatic N) is 2. The van der Waals surface area contributed by atoms with Crippen LogP contribution in [0.5, 0.6) is 0 Å². The summed E-state index contributed by atoms with van der Waals surface area (Å²) in [6, 6.07) is 48.6. The number of carbonyl (C=O) groups is 6. The molecule has 2 aliphatic heterocycles. The molecule has 0 aliphatic carbocycles. The Hall–Kier alpha value is -6.76. The molecule has 0 radical (unpaired) electrons. The minimum absolute atomic E-state index is 0.0411. The van der Waals surface area contributed by atoms with Crippen LogP contribution in [-0.2, 0) is 19.1 Å². The van der Waals surface area contributed by atoms with E-state index in [2.05, 4.69) is 47.2 Å². The normalized spacial score (nSPS) is 13.7. The highest BCUT2D eigenvalue weighted by Crippen LogP contribution is 2.32. The second kappa shape index (κ2) is 25.0. The Labute approximate surface area is 414 Å². The van der Waals surface area contributed by atoms with Gasteiger partial charge in [0.15, 0.2) is 12.2 Å². The van der Waals surface area contributed by atoms with E-state index in [4.69, 9.17) is 9.47 Å². The van der Waals surface area contributed by atoms with Crippen LogP contribution < -0.4 is 0 Å². The largest absolute Gasteiger partial charge is 0.451 e. The summed E-state index contributed by atoms with van der Waals surface area (Å²) in [5.74, 6) is -0.883. The summed E-state index contributed by atoms with van der Waals surface area (Å²) in [7, 11) is 0. The van der Waals surface area contributed by atoms with Crippen molar-refractivity contribution in [1.29, 1.82) is 0 Å². The zero-order valence-electron chi connectivity index (χ0n) is 39.5. The molecular weight excluding hydrogens is 905 g/mol. The predicted molar refractivity (Wildman–Crippen MR) is 274 cm³/mol. The maximum Gasteiger partial charge on any atom is 0.331 e. The molecule has 0 spiro atoms. The molecule has 12 heteroatoms. The second-order valence-electron chi connectivity index (χ2n) is 17.3. The van der Waals surface area contributed by atoms with E-state index >= 15 is 0 Å². The van der Waals surface area contributed by atoms with Crippen LogP contribution in [0.2, 0.25) is 0 Å². The van der Waals surface area contributed by atoms with Crippen molar-refractivity contribution >= 4 is 60.0 Å². The molecule has 10 nitrogen and oxygen atoms in total. The number of benzene rings is 6. The van der Waals surface area contributed by atoms with E-state index < -0.39 is 59.9 Å². The summed E-state index contributed by atoms with van der Waals surface area (Å²) >= 11 is 5.78. The van der Waals surface area contributed by atoms with Crippen molar-refractivity contribution < 1.29 is 38.2 Å². The topological polar surface area (TPSA) is 127 Å². The number of fused-ring (bicyclic) bond motifs is 2. The maximum absolute atomic E-state index is 13.6. The summed E-state index contributed by atoms with van der Waals surface area (Å²) in [5, 5.41) is 0. The van der Waals surface area contributed by atoms with Crippen LogP contribution in [0.25, 0.3) is 0 Å². The molecule has 2 aliphatic rings. The Balaban J connectivity index is 0.000000208. The molecule has 0 fully saturated rings. The summed E-state index contributed by atoms with van der Waals surface area (Å²) in [6.07, 6.45) is -0.0138. The van der Waals surface area contributed by atoms with Crippen molar-refractivity contribution in [2.45, 2.75) is 65.3 Å². The van der Waals surface area contributed by atoms with E-state index in [1.54, 1.807) is 48.5 Å². The fraction of sp³-hybridized carbons (Fsp3) is 0.263. The number of carbonyl (C=O) groups excluding carboxylic acids is 6. The molecule has 356 valence electrons. The molecule has 0 aromatic heterocycles. The van der Waals surface area contributed by atoms with E-state index in [1.807, 2.05) is 121 Å². The maximum atomic E-state index is 13.6. The average Bonchev–Trinajstić information content (AvgIpc) is 3.78. The molecule has 6 aromatic carbocycles. The summed E-state index contributed by atoms with van der Waals surface area (Å²) in [6.45, 7) is 10.8. The van der Waals surface area contributed by atoms with Gasteiger partial charge in [0.2, 0.25) is 0 Å². The lowest BCUT2D eigenvalue weighted by Gasteiger charge is -2.27. The monoisotopic (exact) mass is 962 g/mol. The van der Waals surface area contributed by atoms with E-state index in [0.29, 0.717) is 17.0 Å². The highest BCUT2D eigenvalue weighted by Gasteiger charge is 2.45. The molecular formula is C57H58N2O8S2. The third-order valence-electron chi connectivity index (χ3n) is 11.4. The third kappa shape index (κ3) is 12.9. The lowest BCUT2D eigenvalue weighted by Crippen LogP contribution is -2.47. The molecule has 0 saturated heterocycles. The zero-order valence-corrected chi connectivity index (χ0v) is 41.2. The number of amides is 4. The van der Waals surface area contributed by atoms with Crippen molar-refractivity contribution in [3.63, 3.8) is 0 Å². The Morgan fingerprint density at radius 3 is 1.00 bits per heavy atom. The number of thiol groups is 1. The van der Waals surface area contributed by atoms with E-state index in [9.17, 15) is 28.8 Å². The predicted octanol–water partition coefficient (Wildman–Crippen LogP) is 11.3. The highest BCUT2D eigenvalue weighted by molar-refractivity contribution is 7.99. The highest BCUT2D eigenvalue weighted by atomic mass is 32.2. The van der Waals surface area contributed by atoms with Gasteiger partial charge < -0.3 is 9.47 Å². The van der Waals surface area contributed by atoms with E-state index in [-0.39, 0.29) is 22.6 Å². The fourth-order valence-electron chi connectivity index (χ4n) is 7.46. The smallest absolute Gasteiger partial charge is 0.331 e. The summed E-state index contributed by atoms with van der Waals surface area (Å²) < 4.78 is 11.9. The van der Waals surface area contributed by atoms with Crippen molar-refractivity contribution in [2.24, 2.45) is 11.8 Å². The minimum atomic E-state index is -1.13. The van der Waals surface area contributed by atoms with Crippen LogP contribution in [0.3, 0.4) is 0 Å².